The normalized spacial score (nSPS) is 14.4. The van der Waals surface area contributed by atoms with Crippen molar-refractivity contribution in [3.8, 4) is 0 Å². The summed E-state index contributed by atoms with van der Waals surface area (Å²) in [6.07, 6.45) is -1.87. The number of carboxylic acids is 1. The van der Waals surface area contributed by atoms with Crippen LogP contribution >= 0.6 is 0 Å². The molecule has 32 heavy (non-hydrogen) atoms. The number of primary amides is 3. The van der Waals surface area contributed by atoms with Crippen molar-refractivity contribution in [2.24, 2.45) is 28.9 Å². The molecule has 15 nitrogen and oxygen atoms in total. The van der Waals surface area contributed by atoms with Gasteiger partial charge in [-0.1, -0.05) is 13.8 Å². The second-order valence-corrected chi connectivity index (χ2v) is 7.31. The number of nitrogens with one attached hydrogen (secondary N) is 3. The first kappa shape index (κ1) is 28.2. The van der Waals surface area contributed by atoms with Crippen LogP contribution in [0.4, 0.5) is 0 Å². The van der Waals surface area contributed by atoms with Crippen LogP contribution in [0.5, 0.6) is 0 Å². The van der Waals surface area contributed by atoms with Crippen molar-refractivity contribution in [1.29, 1.82) is 0 Å². The minimum Gasteiger partial charge on any atom is -0.480 e. The van der Waals surface area contributed by atoms with E-state index < -0.39 is 90.8 Å². The molecule has 0 radical (unpaired) electrons. The zero-order valence-electron chi connectivity index (χ0n) is 17.6. The van der Waals surface area contributed by atoms with Gasteiger partial charge in [0, 0.05) is 0 Å². The van der Waals surface area contributed by atoms with Crippen LogP contribution in [0.25, 0.3) is 0 Å². The van der Waals surface area contributed by atoms with Crippen molar-refractivity contribution in [2.75, 3.05) is 0 Å². The summed E-state index contributed by atoms with van der Waals surface area (Å²) in [5.74, 6) is -7.83. The van der Waals surface area contributed by atoms with E-state index in [4.69, 9.17) is 28.0 Å². The molecule has 0 aliphatic carbocycles. The number of aliphatic carboxylic acids is 1. The number of nitrogens with two attached hydrogens (primary N) is 4. The molecule has 0 rings (SSSR count). The fraction of sp³-hybridized carbons (Fsp3) is 0.588. The number of amides is 6. The highest BCUT2D eigenvalue weighted by Gasteiger charge is 2.33. The monoisotopic (exact) mass is 459 g/mol. The number of carbonyl (C=O) groups excluding carboxylic acids is 6. The molecule has 0 heterocycles. The first-order valence-corrected chi connectivity index (χ1v) is 9.40. The minimum absolute atomic E-state index is 0.524. The predicted octanol–water partition coefficient (Wildman–Crippen LogP) is -4.87. The van der Waals surface area contributed by atoms with Gasteiger partial charge in [-0.05, 0) is 5.92 Å². The summed E-state index contributed by atoms with van der Waals surface area (Å²) in [7, 11) is 0. The van der Waals surface area contributed by atoms with Gasteiger partial charge in [-0.2, -0.15) is 0 Å². The molecule has 0 saturated heterocycles. The fourth-order valence-electron chi connectivity index (χ4n) is 2.45. The van der Waals surface area contributed by atoms with Crippen LogP contribution < -0.4 is 38.9 Å². The lowest BCUT2D eigenvalue weighted by molar-refractivity contribution is -0.144. The van der Waals surface area contributed by atoms with Gasteiger partial charge in [0.15, 0.2) is 0 Å². The van der Waals surface area contributed by atoms with Gasteiger partial charge in [0.05, 0.1) is 25.3 Å². The second-order valence-electron chi connectivity index (χ2n) is 7.31. The lowest BCUT2D eigenvalue weighted by Gasteiger charge is -2.26. The lowest BCUT2D eigenvalue weighted by Crippen LogP contribution is -2.59. The molecule has 180 valence electrons. The van der Waals surface area contributed by atoms with Gasteiger partial charge in [-0.25, -0.2) is 4.79 Å². The Labute approximate surface area is 183 Å². The Morgan fingerprint density at radius 1 is 0.688 bits per heavy atom. The van der Waals surface area contributed by atoms with Crippen LogP contribution in [0.15, 0.2) is 0 Å². The molecule has 0 aliphatic heterocycles. The third-order valence-corrected chi connectivity index (χ3v) is 4.06. The van der Waals surface area contributed by atoms with Gasteiger partial charge in [0.2, 0.25) is 35.4 Å². The Hall–Kier alpha value is -3.75. The first-order valence-electron chi connectivity index (χ1n) is 9.40. The van der Waals surface area contributed by atoms with Gasteiger partial charge in [0.25, 0.3) is 0 Å². The maximum Gasteiger partial charge on any atom is 0.326 e. The van der Waals surface area contributed by atoms with Gasteiger partial charge in [-0.3, -0.25) is 28.8 Å². The zero-order chi connectivity index (χ0) is 25.2. The molecule has 4 atom stereocenters. The van der Waals surface area contributed by atoms with Crippen molar-refractivity contribution in [1.82, 2.24) is 16.0 Å². The van der Waals surface area contributed by atoms with Crippen molar-refractivity contribution < 1.29 is 38.7 Å². The van der Waals surface area contributed by atoms with Gasteiger partial charge in [0.1, 0.15) is 18.1 Å². The highest BCUT2D eigenvalue weighted by Crippen LogP contribution is 2.06. The summed E-state index contributed by atoms with van der Waals surface area (Å²) in [4.78, 5) is 81.7. The summed E-state index contributed by atoms with van der Waals surface area (Å²) in [6.45, 7) is 3.05. The summed E-state index contributed by atoms with van der Waals surface area (Å²) in [5, 5.41) is 15.7. The largest absolute Gasteiger partial charge is 0.480 e. The minimum atomic E-state index is -1.63. The van der Waals surface area contributed by atoms with E-state index in [9.17, 15) is 33.6 Å². The van der Waals surface area contributed by atoms with Crippen molar-refractivity contribution in [2.45, 2.75) is 57.3 Å². The maximum absolute atomic E-state index is 12.6. The second kappa shape index (κ2) is 12.8. The summed E-state index contributed by atoms with van der Waals surface area (Å²) in [5.41, 5.74) is 20.5. The number of hydrogen-bond acceptors (Lipinski definition) is 8. The molecule has 0 saturated carbocycles. The third kappa shape index (κ3) is 10.3. The summed E-state index contributed by atoms with van der Waals surface area (Å²) in [6, 6.07) is -5.89. The Kier molecular flexibility index (Phi) is 11.3. The van der Waals surface area contributed by atoms with Crippen LogP contribution in [0.3, 0.4) is 0 Å². The molecule has 0 aromatic rings. The summed E-state index contributed by atoms with van der Waals surface area (Å²) < 4.78 is 0. The van der Waals surface area contributed by atoms with Gasteiger partial charge in [-0.15, -0.1) is 0 Å². The number of rotatable bonds is 14. The van der Waals surface area contributed by atoms with Crippen molar-refractivity contribution in [3.63, 3.8) is 0 Å². The van der Waals surface area contributed by atoms with Crippen LogP contribution in [0.2, 0.25) is 0 Å². The molecule has 0 aromatic heterocycles. The average molecular weight is 459 g/mol. The molecule has 12 N–H and O–H groups in total. The van der Waals surface area contributed by atoms with E-state index in [-0.39, 0.29) is 0 Å². The van der Waals surface area contributed by atoms with Crippen LogP contribution in [0.1, 0.15) is 33.1 Å². The SMILES string of the molecule is CC(C)C(NC(=O)C(CC(N)=O)NC(=O)C(N)CC(N)=O)C(=O)NC(CC(N)=O)C(=O)O. The van der Waals surface area contributed by atoms with Crippen LogP contribution in [-0.4, -0.2) is 70.7 Å². The van der Waals surface area contributed by atoms with Crippen LogP contribution in [-0.2, 0) is 33.6 Å². The van der Waals surface area contributed by atoms with E-state index in [0.717, 1.165) is 0 Å². The number of hydrogen-bond donors (Lipinski definition) is 8. The Bertz CT molecular complexity index is 770. The van der Waals surface area contributed by atoms with E-state index in [0.29, 0.717) is 0 Å². The molecular formula is C17H29N7O8. The van der Waals surface area contributed by atoms with Crippen molar-refractivity contribution in [3.05, 3.63) is 0 Å². The zero-order valence-corrected chi connectivity index (χ0v) is 17.6. The lowest BCUT2D eigenvalue weighted by atomic mass is 10.0. The first-order chi connectivity index (χ1) is 14.6. The Morgan fingerprint density at radius 3 is 1.53 bits per heavy atom. The maximum atomic E-state index is 12.6. The van der Waals surface area contributed by atoms with Gasteiger partial charge < -0.3 is 44.0 Å². The molecule has 6 amide bonds. The van der Waals surface area contributed by atoms with E-state index in [1.807, 2.05) is 0 Å². The molecule has 0 spiro atoms. The predicted molar refractivity (Wildman–Crippen MR) is 108 cm³/mol. The van der Waals surface area contributed by atoms with E-state index >= 15 is 0 Å². The standard InChI is InChI=1S/C17H29N7O8/c1-6(2)13(16(30)23-9(17(31)32)5-12(21)27)24-15(29)8(4-11(20)26)22-14(28)7(18)3-10(19)25/h6-9,13H,3-5,18H2,1-2H3,(H2,19,25)(H2,20,26)(H2,21,27)(H,22,28)(H,23,30)(H,24,29)(H,31,32). The van der Waals surface area contributed by atoms with Gasteiger partial charge >= 0.3 is 5.97 Å². The van der Waals surface area contributed by atoms with E-state index in [1.165, 1.54) is 13.8 Å². The molecule has 0 aliphatic rings. The van der Waals surface area contributed by atoms with Crippen molar-refractivity contribution >= 4 is 41.4 Å². The Balaban J connectivity index is 5.47. The highest BCUT2D eigenvalue weighted by molar-refractivity contribution is 5.97. The quantitative estimate of drug-likeness (QED) is 0.123. The highest BCUT2D eigenvalue weighted by atomic mass is 16.4. The van der Waals surface area contributed by atoms with E-state index in [2.05, 4.69) is 16.0 Å². The Morgan fingerprint density at radius 2 is 1.12 bits per heavy atom. The molecule has 15 heteroatoms. The smallest absolute Gasteiger partial charge is 0.326 e. The summed E-state index contributed by atoms with van der Waals surface area (Å²) >= 11 is 0. The molecular weight excluding hydrogens is 430 g/mol. The van der Waals surface area contributed by atoms with E-state index in [1.54, 1.807) is 0 Å². The fourth-order valence-corrected chi connectivity index (χ4v) is 2.45. The molecule has 4 unspecified atom stereocenters. The topological polar surface area (TPSA) is 280 Å². The van der Waals surface area contributed by atoms with Crippen LogP contribution in [0, 0.1) is 5.92 Å². The molecule has 0 bridgehead atoms. The number of carboxylic acid groups (broad SMARTS) is 1. The number of carbonyl (C=O) groups is 7. The molecule has 0 fully saturated rings. The average Bonchev–Trinajstić information content (AvgIpc) is 2.62. The third-order valence-electron chi connectivity index (χ3n) is 4.06. The molecule has 0 aromatic carbocycles.